The van der Waals surface area contributed by atoms with Crippen molar-refractivity contribution < 1.29 is 9.21 Å². The number of nitrogens with one attached hydrogen (secondary N) is 2. The highest BCUT2D eigenvalue weighted by molar-refractivity contribution is 5.73. The van der Waals surface area contributed by atoms with Crippen molar-refractivity contribution in [3.63, 3.8) is 0 Å². The van der Waals surface area contributed by atoms with Crippen LogP contribution in [0.4, 0.5) is 4.79 Å². The topological polar surface area (TPSA) is 97.9 Å². The van der Waals surface area contributed by atoms with Crippen molar-refractivity contribution in [1.29, 1.82) is 0 Å². The van der Waals surface area contributed by atoms with Gasteiger partial charge in [-0.15, -0.1) is 0 Å². The average Bonchev–Trinajstić information content (AvgIpc) is 3.10. The summed E-state index contributed by atoms with van der Waals surface area (Å²) in [5.41, 5.74) is -0.296. The van der Waals surface area contributed by atoms with E-state index in [2.05, 4.69) is 25.7 Å². The Morgan fingerprint density at radius 2 is 1.79 bits per heavy atom. The summed E-state index contributed by atoms with van der Waals surface area (Å²) in [6, 6.07) is -0.311. The molecule has 0 aliphatic heterocycles. The fraction of sp³-hybridized carbons (Fsp3) is 0.625. The van der Waals surface area contributed by atoms with Crippen LogP contribution in [0, 0.1) is 0 Å². The van der Waals surface area contributed by atoms with Crippen molar-refractivity contribution in [1.82, 2.24) is 30.4 Å². The molecule has 8 nitrogen and oxygen atoms in total. The number of nitrogens with zero attached hydrogens (tertiary/aromatic N) is 4. The number of hydrogen-bond acceptors (Lipinski definition) is 5. The second-order valence-corrected chi connectivity index (χ2v) is 7.66. The van der Waals surface area contributed by atoms with Crippen LogP contribution < -0.4 is 10.6 Å². The lowest BCUT2D eigenvalue weighted by molar-refractivity contribution is 0.237. The Kier molecular flexibility index (Phi) is 4.96. The van der Waals surface area contributed by atoms with E-state index in [-0.39, 0.29) is 23.5 Å². The van der Waals surface area contributed by atoms with E-state index >= 15 is 0 Å². The number of hydrogen-bond donors (Lipinski definition) is 2. The quantitative estimate of drug-likeness (QED) is 0.894. The SMILES string of the molecule is CC(C)(C)c1cnc(CNC(=O)NCc2ncnn2C(C)(C)C)o1. The number of carbonyl (C=O) groups excluding carboxylic acids is 1. The normalized spacial score (nSPS) is 12.2. The Labute approximate surface area is 142 Å². The molecule has 0 saturated heterocycles. The van der Waals surface area contributed by atoms with Gasteiger partial charge in [0.25, 0.3) is 0 Å². The van der Waals surface area contributed by atoms with E-state index in [4.69, 9.17) is 4.42 Å². The summed E-state index contributed by atoms with van der Waals surface area (Å²) < 4.78 is 7.42. The van der Waals surface area contributed by atoms with Gasteiger partial charge in [0, 0.05) is 5.41 Å². The van der Waals surface area contributed by atoms with Crippen LogP contribution >= 0.6 is 0 Å². The van der Waals surface area contributed by atoms with Gasteiger partial charge in [0.1, 0.15) is 17.9 Å². The molecule has 0 bridgehead atoms. The summed E-state index contributed by atoms with van der Waals surface area (Å²) in [6.07, 6.45) is 3.18. The molecule has 2 aromatic rings. The lowest BCUT2D eigenvalue weighted by Crippen LogP contribution is -2.36. The van der Waals surface area contributed by atoms with Crippen molar-refractivity contribution >= 4 is 6.03 Å². The minimum absolute atomic E-state index is 0.107. The fourth-order valence-electron chi connectivity index (χ4n) is 2.06. The second-order valence-electron chi connectivity index (χ2n) is 7.66. The molecule has 0 atom stereocenters. The Hall–Kier alpha value is -2.38. The first-order valence-corrected chi connectivity index (χ1v) is 7.93. The molecular formula is C16H26N6O2. The lowest BCUT2D eigenvalue weighted by atomic mass is 9.94. The van der Waals surface area contributed by atoms with Crippen molar-refractivity contribution in [2.45, 2.75) is 65.6 Å². The van der Waals surface area contributed by atoms with Gasteiger partial charge in [0.05, 0.1) is 24.8 Å². The van der Waals surface area contributed by atoms with Crippen LogP contribution in [0.3, 0.4) is 0 Å². The van der Waals surface area contributed by atoms with Gasteiger partial charge in [-0.1, -0.05) is 20.8 Å². The third-order valence-electron chi connectivity index (χ3n) is 3.35. The number of rotatable bonds is 4. The molecule has 2 aromatic heterocycles. The minimum atomic E-state index is -0.311. The average molecular weight is 334 g/mol. The molecular weight excluding hydrogens is 308 g/mol. The number of aromatic nitrogens is 4. The maximum atomic E-state index is 11.9. The smallest absolute Gasteiger partial charge is 0.315 e. The zero-order valence-electron chi connectivity index (χ0n) is 15.2. The van der Waals surface area contributed by atoms with Gasteiger partial charge in [0.15, 0.2) is 0 Å². The lowest BCUT2D eigenvalue weighted by Gasteiger charge is -2.21. The van der Waals surface area contributed by atoms with Crippen molar-refractivity contribution in [3.8, 4) is 0 Å². The summed E-state index contributed by atoms with van der Waals surface area (Å²) >= 11 is 0. The maximum absolute atomic E-state index is 11.9. The van der Waals surface area contributed by atoms with Crippen molar-refractivity contribution in [3.05, 3.63) is 30.0 Å². The van der Waals surface area contributed by atoms with E-state index in [9.17, 15) is 4.79 Å². The predicted molar refractivity (Wildman–Crippen MR) is 89.3 cm³/mol. The van der Waals surface area contributed by atoms with Crippen LogP contribution in [0.5, 0.6) is 0 Å². The molecule has 2 heterocycles. The molecule has 2 N–H and O–H groups in total. The van der Waals surface area contributed by atoms with Crippen LogP contribution in [0.25, 0.3) is 0 Å². The number of oxazole rings is 1. The zero-order valence-corrected chi connectivity index (χ0v) is 15.2. The largest absolute Gasteiger partial charge is 0.443 e. The molecule has 0 radical (unpaired) electrons. The van der Waals surface area contributed by atoms with E-state index in [1.54, 1.807) is 10.9 Å². The maximum Gasteiger partial charge on any atom is 0.315 e. The number of urea groups is 1. The van der Waals surface area contributed by atoms with Gasteiger partial charge >= 0.3 is 6.03 Å². The third-order valence-corrected chi connectivity index (χ3v) is 3.35. The first-order valence-electron chi connectivity index (χ1n) is 7.93. The van der Waals surface area contributed by atoms with Crippen molar-refractivity contribution in [2.24, 2.45) is 0 Å². The third kappa shape index (κ3) is 4.56. The Morgan fingerprint density at radius 3 is 2.38 bits per heavy atom. The number of carbonyl (C=O) groups is 1. The Morgan fingerprint density at radius 1 is 1.12 bits per heavy atom. The monoisotopic (exact) mass is 334 g/mol. The van der Waals surface area contributed by atoms with E-state index in [1.807, 2.05) is 41.5 Å². The Balaban J connectivity index is 1.84. The molecule has 0 aliphatic carbocycles. The highest BCUT2D eigenvalue weighted by Gasteiger charge is 2.20. The molecule has 0 fully saturated rings. The Bertz CT molecular complexity index is 690. The molecule has 2 amide bonds. The minimum Gasteiger partial charge on any atom is -0.443 e. The van der Waals surface area contributed by atoms with Gasteiger partial charge in [-0.05, 0) is 20.8 Å². The molecule has 0 spiro atoms. The molecule has 0 saturated carbocycles. The standard InChI is InChI=1S/C16H26N6O2/c1-15(2,3)11-7-17-13(24-11)9-19-14(23)18-8-12-20-10-21-22(12)16(4,5)6/h7,10H,8-9H2,1-6H3,(H2,18,19,23). The highest BCUT2D eigenvalue weighted by atomic mass is 16.4. The first-order chi connectivity index (χ1) is 11.1. The van der Waals surface area contributed by atoms with Gasteiger partial charge in [-0.25, -0.2) is 19.4 Å². The van der Waals surface area contributed by atoms with E-state index in [0.29, 0.717) is 18.3 Å². The zero-order chi connectivity index (χ0) is 18.0. The van der Waals surface area contributed by atoms with Crippen molar-refractivity contribution in [2.75, 3.05) is 0 Å². The fourth-order valence-corrected chi connectivity index (χ4v) is 2.06. The van der Waals surface area contributed by atoms with Gasteiger partial charge in [-0.3, -0.25) is 0 Å². The summed E-state index contributed by atoms with van der Waals surface area (Å²) in [5.74, 6) is 1.97. The molecule has 0 aliphatic rings. The van der Waals surface area contributed by atoms with Crippen LogP contribution in [-0.4, -0.2) is 25.8 Å². The number of amides is 2. The van der Waals surface area contributed by atoms with Crippen LogP contribution in [0.2, 0.25) is 0 Å². The molecule has 8 heteroatoms. The highest BCUT2D eigenvalue weighted by Crippen LogP contribution is 2.22. The predicted octanol–water partition coefficient (Wildman–Crippen LogP) is 2.32. The first kappa shape index (κ1) is 18.0. The van der Waals surface area contributed by atoms with Crippen LogP contribution in [-0.2, 0) is 24.0 Å². The second kappa shape index (κ2) is 6.62. The summed E-state index contributed by atoms with van der Waals surface area (Å²) in [6.45, 7) is 12.7. The van der Waals surface area contributed by atoms with Gasteiger partial charge < -0.3 is 15.1 Å². The molecule has 0 unspecified atom stereocenters. The van der Waals surface area contributed by atoms with Gasteiger partial charge in [0.2, 0.25) is 5.89 Å². The molecule has 132 valence electrons. The van der Waals surface area contributed by atoms with Gasteiger partial charge in [-0.2, -0.15) is 5.10 Å². The van der Waals surface area contributed by atoms with E-state index in [0.717, 1.165) is 5.76 Å². The summed E-state index contributed by atoms with van der Waals surface area (Å²) in [4.78, 5) is 20.3. The molecule has 2 rings (SSSR count). The van der Waals surface area contributed by atoms with E-state index < -0.39 is 0 Å². The molecule has 0 aromatic carbocycles. The van der Waals surface area contributed by atoms with Crippen LogP contribution in [0.1, 0.15) is 59.0 Å². The summed E-state index contributed by atoms with van der Waals surface area (Å²) in [7, 11) is 0. The summed E-state index contributed by atoms with van der Waals surface area (Å²) in [5, 5.41) is 9.68. The van der Waals surface area contributed by atoms with E-state index in [1.165, 1.54) is 6.33 Å². The van der Waals surface area contributed by atoms with Crippen LogP contribution in [0.15, 0.2) is 16.9 Å². The molecule has 24 heavy (non-hydrogen) atoms.